The van der Waals surface area contributed by atoms with Crippen LogP contribution in [-0.4, -0.2) is 32.1 Å². The predicted molar refractivity (Wildman–Crippen MR) is 103 cm³/mol. The van der Waals surface area contributed by atoms with Crippen LogP contribution in [0.25, 0.3) is 0 Å². The molecule has 2 rings (SSSR count). The molecule has 0 radical (unpaired) electrons. The molecule has 1 aromatic rings. The third-order valence-corrected chi connectivity index (χ3v) is 4.96. The molecule has 1 aliphatic rings. The second kappa shape index (κ2) is 9.23. The molecule has 1 unspecified atom stereocenters. The molecular formula is C21H34N2O2. The van der Waals surface area contributed by atoms with Crippen molar-refractivity contribution in [2.45, 2.75) is 52.4 Å². The first kappa shape index (κ1) is 19.8. The Balaban J connectivity index is 1.84. The SMILES string of the molecule is CC(C)COc1ccc(C(C)(C)C(=O)NCCC2CCCNC2)cc1. The van der Waals surface area contributed by atoms with E-state index in [0.29, 0.717) is 18.4 Å². The summed E-state index contributed by atoms with van der Waals surface area (Å²) in [6, 6.07) is 7.92. The molecule has 4 heteroatoms. The van der Waals surface area contributed by atoms with Gasteiger partial charge in [0, 0.05) is 6.54 Å². The summed E-state index contributed by atoms with van der Waals surface area (Å²) in [6.07, 6.45) is 3.57. The van der Waals surface area contributed by atoms with Crippen molar-refractivity contribution in [2.24, 2.45) is 11.8 Å². The van der Waals surface area contributed by atoms with Crippen LogP contribution in [0.2, 0.25) is 0 Å². The lowest BCUT2D eigenvalue weighted by Crippen LogP contribution is -2.41. The smallest absolute Gasteiger partial charge is 0.230 e. The highest BCUT2D eigenvalue weighted by Crippen LogP contribution is 2.26. The number of carbonyl (C=O) groups is 1. The largest absolute Gasteiger partial charge is 0.493 e. The van der Waals surface area contributed by atoms with Crippen LogP contribution in [0.15, 0.2) is 24.3 Å². The lowest BCUT2D eigenvalue weighted by molar-refractivity contribution is -0.125. The Morgan fingerprint density at radius 3 is 2.64 bits per heavy atom. The van der Waals surface area contributed by atoms with Crippen LogP contribution in [0, 0.1) is 11.8 Å². The van der Waals surface area contributed by atoms with Crippen molar-refractivity contribution in [3.63, 3.8) is 0 Å². The number of carbonyl (C=O) groups excluding carboxylic acids is 1. The Kier molecular flexibility index (Phi) is 7.30. The van der Waals surface area contributed by atoms with Gasteiger partial charge in [-0.05, 0) is 75.7 Å². The van der Waals surface area contributed by atoms with Crippen molar-refractivity contribution >= 4 is 5.91 Å². The second-order valence-electron chi connectivity index (χ2n) is 8.11. The molecule has 2 N–H and O–H groups in total. The van der Waals surface area contributed by atoms with Gasteiger partial charge in [-0.1, -0.05) is 26.0 Å². The molecule has 0 saturated carbocycles. The van der Waals surface area contributed by atoms with E-state index < -0.39 is 5.41 Å². The Hall–Kier alpha value is -1.55. The van der Waals surface area contributed by atoms with Crippen molar-refractivity contribution < 1.29 is 9.53 Å². The summed E-state index contributed by atoms with van der Waals surface area (Å²) in [5, 5.41) is 6.55. The zero-order valence-electron chi connectivity index (χ0n) is 16.2. The third-order valence-electron chi connectivity index (χ3n) is 4.96. The van der Waals surface area contributed by atoms with Gasteiger partial charge in [-0.2, -0.15) is 0 Å². The maximum atomic E-state index is 12.6. The molecule has 1 amide bonds. The van der Waals surface area contributed by atoms with E-state index in [1.54, 1.807) is 0 Å². The summed E-state index contributed by atoms with van der Waals surface area (Å²) in [4.78, 5) is 12.6. The standard InChI is InChI=1S/C21H34N2O2/c1-16(2)15-25-19-9-7-18(8-10-19)21(3,4)20(24)23-13-11-17-6-5-12-22-14-17/h7-10,16-17,22H,5-6,11-15H2,1-4H3,(H,23,24). The summed E-state index contributed by atoms with van der Waals surface area (Å²) >= 11 is 0. The van der Waals surface area contributed by atoms with E-state index in [1.165, 1.54) is 12.8 Å². The lowest BCUT2D eigenvalue weighted by atomic mass is 9.83. The molecule has 1 aromatic carbocycles. The highest BCUT2D eigenvalue weighted by atomic mass is 16.5. The lowest BCUT2D eigenvalue weighted by Gasteiger charge is -2.26. The summed E-state index contributed by atoms with van der Waals surface area (Å²) in [5.74, 6) is 2.14. The second-order valence-corrected chi connectivity index (χ2v) is 8.11. The van der Waals surface area contributed by atoms with Crippen LogP contribution in [0.1, 0.15) is 52.5 Å². The van der Waals surface area contributed by atoms with Gasteiger partial charge in [0.05, 0.1) is 12.0 Å². The van der Waals surface area contributed by atoms with Gasteiger partial charge in [0.2, 0.25) is 5.91 Å². The molecule has 0 aliphatic carbocycles. The van der Waals surface area contributed by atoms with Crippen LogP contribution < -0.4 is 15.4 Å². The normalized spacial score (nSPS) is 18.2. The van der Waals surface area contributed by atoms with Crippen molar-refractivity contribution in [3.05, 3.63) is 29.8 Å². The number of hydrogen-bond donors (Lipinski definition) is 2. The molecule has 0 spiro atoms. The van der Waals surface area contributed by atoms with Gasteiger partial charge in [-0.15, -0.1) is 0 Å². The minimum atomic E-state index is -0.540. The van der Waals surface area contributed by atoms with Gasteiger partial charge in [-0.25, -0.2) is 0 Å². The fourth-order valence-corrected chi connectivity index (χ4v) is 3.14. The number of ether oxygens (including phenoxy) is 1. The molecule has 0 bridgehead atoms. The highest BCUT2D eigenvalue weighted by Gasteiger charge is 2.29. The molecule has 1 heterocycles. The van der Waals surface area contributed by atoms with E-state index in [0.717, 1.165) is 37.4 Å². The molecule has 25 heavy (non-hydrogen) atoms. The van der Waals surface area contributed by atoms with Crippen LogP contribution in [0.5, 0.6) is 5.75 Å². The quantitative estimate of drug-likeness (QED) is 0.757. The number of amides is 1. The number of piperidine rings is 1. The first-order chi connectivity index (χ1) is 11.9. The van der Waals surface area contributed by atoms with Crippen molar-refractivity contribution in [1.82, 2.24) is 10.6 Å². The van der Waals surface area contributed by atoms with E-state index in [9.17, 15) is 4.79 Å². The molecular weight excluding hydrogens is 312 g/mol. The average molecular weight is 347 g/mol. The van der Waals surface area contributed by atoms with E-state index in [4.69, 9.17) is 4.74 Å². The maximum Gasteiger partial charge on any atom is 0.230 e. The monoisotopic (exact) mass is 346 g/mol. The zero-order chi connectivity index (χ0) is 18.3. The number of rotatable bonds is 8. The molecule has 1 fully saturated rings. The van der Waals surface area contributed by atoms with Gasteiger partial charge in [0.25, 0.3) is 0 Å². The van der Waals surface area contributed by atoms with Gasteiger partial charge < -0.3 is 15.4 Å². The summed E-state index contributed by atoms with van der Waals surface area (Å²) in [5.41, 5.74) is 0.475. The van der Waals surface area contributed by atoms with Crippen molar-refractivity contribution in [3.8, 4) is 5.75 Å². The Morgan fingerprint density at radius 1 is 1.32 bits per heavy atom. The van der Waals surface area contributed by atoms with E-state index in [1.807, 2.05) is 38.1 Å². The molecule has 4 nitrogen and oxygen atoms in total. The topological polar surface area (TPSA) is 50.4 Å². The minimum absolute atomic E-state index is 0.0899. The Labute approximate surface area is 152 Å². The van der Waals surface area contributed by atoms with Gasteiger partial charge in [0.1, 0.15) is 5.75 Å². The van der Waals surface area contributed by atoms with Crippen molar-refractivity contribution in [1.29, 1.82) is 0 Å². The van der Waals surface area contributed by atoms with Gasteiger partial charge in [-0.3, -0.25) is 4.79 Å². The molecule has 1 saturated heterocycles. The van der Waals surface area contributed by atoms with Gasteiger partial charge in [0.15, 0.2) is 0 Å². The first-order valence-electron chi connectivity index (χ1n) is 9.62. The van der Waals surface area contributed by atoms with Crippen molar-refractivity contribution in [2.75, 3.05) is 26.2 Å². The van der Waals surface area contributed by atoms with Crippen LogP contribution in [-0.2, 0) is 10.2 Å². The summed E-state index contributed by atoms with van der Waals surface area (Å²) < 4.78 is 5.72. The molecule has 140 valence electrons. The van der Waals surface area contributed by atoms with E-state index >= 15 is 0 Å². The summed E-state index contributed by atoms with van der Waals surface area (Å²) in [6.45, 7) is 11.9. The third kappa shape index (κ3) is 6.03. The van der Waals surface area contributed by atoms with Crippen LogP contribution >= 0.6 is 0 Å². The molecule has 0 aromatic heterocycles. The molecule has 1 atom stereocenters. The van der Waals surface area contributed by atoms with Crippen LogP contribution in [0.3, 0.4) is 0 Å². The predicted octanol–water partition coefficient (Wildman–Crippen LogP) is 3.50. The fraction of sp³-hybridized carbons (Fsp3) is 0.667. The fourth-order valence-electron chi connectivity index (χ4n) is 3.14. The number of nitrogens with one attached hydrogen (secondary N) is 2. The number of benzene rings is 1. The number of hydrogen-bond acceptors (Lipinski definition) is 3. The van der Waals surface area contributed by atoms with E-state index in [2.05, 4.69) is 24.5 Å². The van der Waals surface area contributed by atoms with Gasteiger partial charge >= 0.3 is 0 Å². The first-order valence-corrected chi connectivity index (χ1v) is 9.62. The minimum Gasteiger partial charge on any atom is -0.493 e. The maximum absolute atomic E-state index is 12.6. The Bertz CT molecular complexity index is 531. The van der Waals surface area contributed by atoms with E-state index in [-0.39, 0.29) is 5.91 Å². The average Bonchev–Trinajstić information content (AvgIpc) is 2.61. The highest BCUT2D eigenvalue weighted by molar-refractivity contribution is 5.87. The van der Waals surface area contributed by atoms with Crippen LogP contribution in [0.4, 0.5) is 0 Å². The zero-order valence-corrected chi connectivity index (χ0v) is 16.2. The summed E-state index contributed by atoms with van der Waals surface area (Å²) in [7, 11) is 0. The molecule has 1 aliphatic heterocycles. The Morgan fingerprint density at radius 2 is 2.04 bits per heavy atom.